The maximum atomic E-state index is 12.2. The lowest BCUT2D eigenvalue weighted by atomic mass is 9.91. The van der Waals surface area contributed by atoms with E-state index < -0.39 is 24.8 Å². The SMILES string of the molecule is C=C[NH+]([O-])C(=O)c1c(OCCF)ccc2c1OB(O)CO2. The molecule has 0 fully saturated rings. The van der Waals surface area contributed by atoms with Crippen LogP contribution in [0.5, 0.6) is 17.2 Å². The van der Waals surface area contributed by atoms with Gasteiger partial charge in [-0.05, 0) is 18.7 Å². The summed E-state index contributed by atoms with van der Waals surface area (Å²) in [6.07, 6.45) is 0.848. The number of carbonyl (C=O) groups is 1. The molecule has 1 atom stereocenters. The number of fused-ring (bicyclic) bond motifs is 1. The summed E-state index contributed by atoms with van der Waals surface area (Å²) < 4.78 is 27.7. The van der Waals surface area contributed by atoms with Gasteiger partial charge >= 0.3 is 13.0 Å². The third-order valence-corrected chi connectivity index (χ3v) is 2.69. The molecule has 112 valence electrons. The molecule has 0 saturated heterocycles. The number of hydroxylamine groups is 2. The van der Waals surface area contributed by atoms with Gasteiger partial charge in [0.05, 0.1) is 6.20 Å². The summed E-state index contributed by atoms with van der Waals surface area (Å²) >= 11 is 0. The number of nitrogens with one attached hydrogen (secondary N) is 1. The van der Waals surface area contributed by atoms with E-state index in [0.29, 0.717) is 0 Å². The standard InChI is InChI=1S/C12H13BFNO6/c1-2-15(18)12(16)10-8(19-6-5-14)3-4-9-11(10)21-13(17)7-20-9/h2-4,15,17H,1,5-7H2. The van der Waals surface area contributed by atoms with Gasteiger partial charge in [-0.1, -0.05) is 0 Å². The van der Waals surface area contributed by atoms with Gasteiger partial charge in [0.1, 0.15) is 25.5 Å². The van der Waals surface area contributed by atoms with Crippen LogP contribution in [0, 0.1) is 5.21 Å². The first-order chi connectivity index (χ1) is 10.1. The van der Waals surface area contributed by atoms with E-state index in [2.05, 4.69) is 6.58 Å². The molecule has 1 aromatic rings. The quantitative estimate of drug-likeness (QED) is 0.562. The number of halogens is 1. The second-order valence-corrected chi connectivity index (χ2v) is 4.08. The molecular weight excluding hydrogens is 284 g/mol. The van der Waals surface area contributed by atoms with Crippen molar-refractivity contribution in [3.8, 4) is 17.2 Å². The highest BCUT2D eigenvalue weighted by Gasteiger charge is 2.33. The zero-order valence-electron chi connectivity index (χ0n) is 11.0. The van der Waals surface area contributed by atoms with Crippen LogP contribution in [0.1, 0.15) is 10.4 Å². The Bertz CT molecular complexity index is 555. The van der Waals surface area contributed by atoms with Crippen molar-refractivity contribution in [2.75, 3.05) is 19.8 Å². The lowest BCUT2D eigenvalue weighted by Gasteiger charge is -2.25. The molecule has 1 heterocycles. The molecule has 0 spiro atoms. The smallest absolute Gasteiger partial charge is 0.563 e. The van der Waals surface area contributed by atoms with Gasteiger partial charge in [0.15, 0.2) is 17.1 Å². The van der Waals surface area contributed by atoms with Crippen molar-refractivity contribution in [2.24, 2.45) is 0 Å². The van der Waals surface area contributed by atoms with Crippen molar-refractivity contribution in [1.82, 2.24) is 0 Å². The number of amides is 1. The lowest BCUT2D eigenvalue weighted by Crippen LogP contribution is -3.05. The molecule has 21 heavy (non-hydrogen) atoms. The van der Waals surface area contributed by atoms with Crippen LogP contribution in [-0.4, -0.2) is 37.8 Å². The van der Waals surface area contributed by atoms with Crippen molar-refractivity contribution in [2.45, 2.75) is 0 Å². The highest BCUT2D eigenvalue weighted by atomic mass is 19.1. The van der Waals surface area contributed by atoms with Gasteiger partial charge < -0.3 is 24.4 Å². The number of quaternary nitrogens is 1. The molecular formula is C12H13BFNO6. The molecule has 9 heteroatoms. The first-order valence-corrected chi connectivity index (χ1v) is 6.12. The Kier molecular flexibility index (Phi) is 4.79. The summed E-state index contributed by atoms with van der Waals surface area (Å²) in [6.45, 7) is 2.07. The molecule has 2 rings (SSSR count). The monoisotopic (exact) mass is 297 g/mol. The van der Waals surface area contributed by atoms with Crippen LogP contribution in [0.2, 0.25) is 0 Å². The summed E-state index contributed by atoms with van der Waals surface area (Å²) in [5.74, 6) is -0.879. The maximum Gasteiger partial charge on any atom is 0.563 e. The van der Waals surface area contributed by atoms with E-state index in [1.807, 2.05) is 0 Å². The Morgan fingerprint density at radius 2 is 2.43 bits per heavy atom. The molecule has 1 aliphatic heterocycles. The van der Waals surface area contributed by atoms with Gasteiger partial charge in [-0.2, -0.15) is 0 Å². The average Bonchev–Trinajstić information content (AvgIpc) is 2.50. The van der Waals surface area contributed by atoms with Gasteiger partial charge in [0, 0.05) is 0 Å². The molecule has 1 aromatic carbocycles. The van der Waals surface area contributed by atoms with Crippen molar-refractivity contribution in [1.29, 1.82) is 0 Å². The van der Waals surface area contributed by atoms with Crippen molar-refractivity contribution < 1.29 is 33.4 Å². The second-order valence-electron chi connectivity index (χ2n) is 4.08. The molecule has 0 radical (unpaired) electrons. The van der Waals surface area contributed by atoms with Gasteiger partial charge in [-0.25, -0.2) is 9.18 Å². The molecule has 0 bridgehead atoms. The molecule has 0 saturated carbocycles. The van der Waals surface area contributed by atoms with Crippen LogP contribution in [0.4, 0.5) is 4.39 Å². The fourth-order valence-electron chi connectivity index (χ4n) is 1.81. The number of carbonyl (C=O) groups excluding carboxylic acids is 1. The molecule has 1 amide bonds. The van der Waals surface area contributed by atoms with E-state index in [1.54, 1.807) is 0 Å². The highest BCUT2D eigenvalue weighted by molar-refractivity contribution is 6.44. The second kappa shape index (κ2) is 6.57. The molecule has 1 unspecified atom stereocenters. The van der Waals surface area contributed by atoms with E-state index in [4.69, 9.17) is 14.1 Å². The Balaban J connectivity index is 2.49. The number of hydrogen-bond donors (Lipinski definition) is 2. The predicted molar refractivity (Wildman–Crippen MR) is 70.9 cm³/mol. The predicted octanol–water partition coefficient (Wildman–Crippen LogP) is -0.508. The minimum atomic E-state index is -1.28. The van der Waals surface area contributed by atoms with Crippen LogP contribution in [0.25, 0.3) is 0 Å². The van der Waals surface area contributed by atoms with E-state index in [0.717, 1.165) is 6.20 Å². The third kappa shape index (κ3) is 3.15. The molecule has 1 aliphatic rings. The Labute approximate surface area is 120 Å². The fourth-order valence-corrected chi connectivity index (χ4v) is 1.81. The van der Waals surface area contributed by atoms with Crippen LogP contribution in [0.15, 0.2) is 24.9 Å². The summed E-state index contributed by atoms with van der Waals surface area (Å²) in [6, 6.07) is 2.82. The molecule has 2 N–H and O–H groups in total. The summed E-state index contributed by atoms with van der Waals surface area (Å²) in [5, 5.41) is 20.1. The van der Waals surface area contributed by atoms with E-state index in [1.165, 1.54) is 12.1 Å². The van der Waals surface area contributed by atoms with Crippen LogP contribution < -0.4 is 19.2 Å². The zero-order valence-corrected chi connectivity index (χ0v) is 11.0. The first-order valence-electron chi connectivity index (χ1n) is 6.12. The van der Waals surface area contributed by atoms with Crippen LogP contribution in [-0.2, 0) is 0 Å². The molecule has 0 aromatic heterocycles. The van der Waals surface area contributed by atoms with E-state index in [-0.39, 0.29) is 35.9 Å². The van der Waals surface area contributed by atoms with Crippen molar-refractivity contribution in [3.05, 3.63) is 35.7 Å². The average molecular weight is 297 g/mol. The van der Waals surface area contributed by atoms with Crippen molar-refractivity contribution in [3.63, 3.8) is 0 Å². The van der Waals surface area contributed by atoms with Crippen LogP contribution >= 0.6 is 0 Å². The lowest BCUT2D eigenvalue weighted by molar-refractivity contribution is -0.694. The number of ether oxygens (including phenoxy) is 2. The number of alkyl halides is 1. The third-order valence-electron chi connectivity index (χ3n) is 2.69. The first kappa shape index (κ1) is 15.3. The van der Waals surface area contributed by atoms with Crippen molar-refractivity contribution >= 4 is 13.0 Å². The van der Waals surface area contributed by atoms with Gasteiger partial charge in [0.2, 0.25) is 0 Å². The number of rotatable bonds is 5. The van der Waals surface area contributed by atoms with Gasteiger partial charge in [-0.3, -0.25) is 5.06 Å². The summed E-state index contributed by atoms with van der Waals surface area (Å²) in [4.78, 5) is 12.1. The Morgan fingerprint density at radius 3 is 3.10 bits per heavy atom. The largest absolute Gasteiger partial charge is 0.621 e. The number of benzene rings is 1. The topological polar surface area (TPSA) is 92.5 Å². The Morgan fingerprint density at radius 1 is 1.67 bits per heavy atom. The number of hydrogen-bond acceptors (Lipinski definition) is 6. The Hall–Kier alpha value is -2.10. The minimum absolute atomic E-state index is 0.0238. The summed E-state index contributed by atoms with van der Waals surface area (Å²) in [5.41, 5.74) is -0.218. The zero-order chi connectivity index (χ0) is 15.4. The van der Waals surface area contributed by atoms with Gasteiger partial charge in [-0.15, -0.1) is 0 Å². The molecule has 7 nitrogen and oxygen atoms in total. The minimum Gasteiger partial charge on any atom is -0.621 e. The summed E-state index contributed by atoms with van der Waals surface area (Å²) in [7, 11) is -1.28. The van der Waals surface area contributed by atoms with E-state index >= 15 is 0 Å². The normalized spacial score (nSPS) is 14.5. The highest BCUT2D eigenvalue weighted by Crippen LogP contribution is 2.39. The fraction of sp³-hybridized carbons (Fsp3) is 0.250. The van der Waals surface area contributed by atoms with Gasteiger partial charge in [0.25, 0.3) is 0 Å². The van der Waals surface area contributed by atoms with Crippen LogP contribution in [0.3, 0.4) is 0 Å². The maximum absolute atomic E-state index is 12.2. The molecule has 0 aliphatic carbocycles. The van der Waals surface area contributed by atoms with E-state index in [9.17, 15) is 19.4 Å².